The lowest BCUT2D eigenvalue weighted by Crippen LogP contribution is -2.28. The first kappa shape index (κ1) is 13.7. The van der Waals surface area contributed by atoms with Gasteiger partial charge in [-0.15, -0.1) is 0 Å². The molecular weight excluding hydrogens is 270 g/mol. The molecule has 0 atom stereocenters. The number of hydrogen-bond donors (Lipinski definition) is 0. The Bertz CT molecular complexity index is 746. The highest BCUT2D eigenvalue weighted by atomic mass is 16.5. The van der Waals surface area contributed by atoms with Crippen LogP contribution in [0.4, 0.5) is 0 Å². The second-order valence-corrected chi connectivity index (χ2v) is 6.09. The highest BCUT2D eigenvalue weighted by molar-refractivity contribution is 5.99. The van der Waals surface area contributed by atoms with Crippen LogP contribution in [-0.4, -0.2) is 33.0 Å². The van der Waals surface area contributed by atoms with Crippen LogP contribution >= 0.6 is 0 Å². The lowest BCUT2D eigenvalue weighted by atomic mass is 9.76. The van der Waals surface area contributed by atoms with E-state index in [1.54, 1.807) is 13.1 Å². The largest absolute Gasteiger partial charge is 0.462 e. The van der Waals surface area contributed by atoms with Gasteiger partial charge in [0.05, 0.1) is 24.1 Å². The molecule has 1 aliphatic carbocycles. The highest BCUT2D eigenvalue weighted by Gasteiger charge is 2.33. The minimum absolute atomic E-state index is 0.0730. The molecule has 3 rings (SSSR count). The molecule has 0 bridgehead atoms. The van der Waals surface area contributed by atoms with Crippen LogP contribution in [-0.2, 0) is 11.2 Å². The summed E-state index contributed by atoms with van der Waals surface area (Å²) in [6.07, 6.45) is 4.30. The van der Waals surface area contributed by atoms with Crippen LogP contribution in [0, 0.1) is 5.41 Å². The molecule has 0 N–H and O–H groups in total. The molecule has 0 fully saturated rings. The molecule has 6 nitrogen and oxygen atoms in total. The fourth-order valence-electron chi connectivity index (χ4n) is 2.71. The molecule has 0 aromatic carbocycles. The molecule has 2 heterocycles. The van der Waals surface area contributed by atoms with Crippen molar-refractivity contribution in [1.82, 2.24) is 14.6 Å². The zero-order valence-electron chi connectivity index (χ0n) is 12.3. The molecule has 0 amide bonds. The van der Waals surface area contributed by atoms with Crippen LogP contribution in [0.5, 0.6) is 0 Å². The number of aromatic nitrogens is 3. The van der Waals surface area contributed by atoms with E-state index >= 15 is 0 Å². The average Bonchev–Trinajstić information content (AvgIpc) is 2.78. The van der Waals surface area contributed by atoms with Crippen molar-refractivity contribution in [3.63, 3.8) is 0 Å². The van der Waals surface area contributed by atoms with Crippen molar-refractivity contribution >= 4 is 17.4 Å². The van der Waals surface area contributed by atoms with Crippen LogP contribution < -0.4 is 0 Å². The summed E-state index contributed by atoms with van der Waals surface area (Å²) < 4.78 is 6.47. The Balaban J connectivity index is 2.14. The van der Waals surface area contributed by atoms with Gasteiger partial charge in [0.1, 0.15) is 5.56 Å². The van der Waals surface area contributed by atoms with E-state index in [9.17, 15) is 9.59 Å². The predicted octanol–water partition coefficient (Wildman–Crippen LogP) is 2.06. The van der Waals surface area contributed by atoms with Crippen molar-refractivity contribution < 1.29 is 14.3 Å². The number of ketones is 1. The van der Waals surface area contributed by atoms with Gasteiger partial charge >= 0.3 is 5.97 Å². The van der Waals surface area contributed by atoms with E-state index in [1.807, 2.05) is 13.8 Å². The number of rotatable bonds is 2. The van der Waals surface area contributed by atoms with E-state index in [4.69, 9.17) is 4.74 Å². The number of nitrogens with zero attached hydrogens (tertiary/aromatic N) is 3. The maximum absolute atomic E-state index is 12.2. The molecule has 0 radical (unpaired) electrons. The number of ether oxygens (including phenoxy) is 1. The third-order valence-corrected chi connectivity index (χ3v) is 3.65. The topological polar surface area (TPSA) is 73.6 Å². The Morgan fingerprint density at radius 1 is 1.43 bits per heavy atom. The van der Waals surface area contributed by atoms with Crippen molar-refractivity contribution in [2.75, 3.05) is 6.61 Å². The molecule has 0 saturated carbocycles. The second-order valence-electron chi connectivity index (χ2n) is 6.09. The smallest absolute Gasteiger partial charge is 0.343 e. The Labute approximate surface area is 122 Å². The summed E-state index contributed by atoms with van der Waals surface area (Å²) in [5.41, 5.74) is 1.99. The van der Waals surface area contributed by atoms with Crippen LogP contribution in [0.2, 0.25) is 0 Å². The summed E-state index contributed by atoms with van der Waals surface area (Å²) in [7, 11) is 0. The van der Waals surface area contributed by atoms with E-state index in [2.05, 4.69) is 10.1 Å². The van der Waals surface area contributed by atoms with E-state index in [-0.39, 0.29) is 11.2 Å². The number of Topliss-reactive ketones (excluding diaryl/α,β-unsaturated/α-hetero) is 1. The summed E-state index contributed by atoms with van der Waals surface area (Å²) in [5.74, 6) is -0.370. The van der Waals surface area contributed by atoms with Crippen molar-refractivity contribution in [3.8, 4) is 0 Å². The standard InChI is InChI=1S/C15H17N3O3/c1-4-21-14(20)9-7-16-18-8-10-11(17-13(9)18)5-15(2,3)6-12(10)19/h7-8H,4-6H2,1-3H3. The minimum atomic E-state index is -0.443. The minimum Gasteiger partial charge on any atom is -0.462 e. The van der Waals surface area contributed by atoms with Gasteiger partial charge in [-0.1, -0.05) is 13.8 Å². The van der Waals surface area contributed by atoms with Crippen LogP contribution in [0.1, 0.15) is 53.6 Å². The molecule has 110 valence electrons. The zero-order valence-corrected chi connectivity index (χ0v) is 12.3. The normalized spacial score (nSPS) is 16.8. The first-order valence-corrected chi connectivity index (χ1v) is 6.99. The fourth-order valence-corrected chi connectivity index (χ4v) is 2.71. The quantitative estimate of drug-likeness (QED) is 0.790. The number of hydrogen-bond acceptors (Lipinski definition) is 5. The SMILES string of the molecule is CCOC(=O)c1cnn2cc3c(nc12)CC(C)(C)CC3=O. The van der Waals surface area contributed by atoms with Gasteiger partial charge in [-0.3, -0.25) is 4.79 Å². The number of fused-ring (bicyclic) bond motifs is 2. The molecule has 0 saturated heterocycles. The highest BCUT2D eigenvalue weighted by Crippen LogP contribution is 2.34. The van der Waals surface area contributed by atoms with Gasteiger partial charge in [0.15, 0.2) is 11.4 Å². The first-order valence-electron chi connectivity index (χ1n) is 6.99. The number of esters is 1. The van der Waals surface area contributed by atoms with Crippen molar-refractivity contribution in [2.24, 2.45) is 5.41 Å². The molecule has 1 aliphatic rings. The Hall–Kier alpha value is -2.24. The molecule has 21 heavy (non-hydrogen) atoms. The van der Waals surface area contributed by atoms with Gasteiger partial charge in [-0.05, 0) is 18.8 Å². The Morgan fingerprint density at radius 3 is 2.90 bits per heavy atom. The molecule has 0 aliphatic heterocycles. The molecular formula is C15H17N3O3. The monoisotopic (exact) mass is 287 g/mol. The first-order chi connectivity index (χ1) is 9.91. The summed E-state index contributed by atoms with van der Waals surface area (Å²) in [5, 5.41) is 4.10. The zero-order chi connectivity index (χ0) is 15.2. The van der Waals surface area contributed by atoms with Crippen molar-refractivity contribution in [2.45, 2.75) is 33.6 Å². The Kier molecular flexibility index (Phi) is 3.04. The predicted molar refractivity (Wildman–Crippen MR) is 75.4 cm³/mol. The molecule has 2 aromatic rings. The summed E-state index contributed by atoms with van der Waals surface area (Å²) in [6, 6.07) is 0. The van der Waals surface area contributed by atoms with E-state index in [0.29, 0.717) is 36.2 Å². The van der Waals surface area contributed by atoms with E-state index in [1.165, 1.54) is 10.7 Å². The molecule has 0 unspecified atom stereocenters. The van der Waals surface area contributed by atoms with Crippen LogP contribution in [0.25, 0.3) is 5.65 Å². The molecule has 2 aromatic heterocycles. The average molecular weight is 287 g/mol. The summed E-state index contributed by atoms with van der Waals surface area (Å²) >= 11 is 0. The maximum Gasteiger partial charge on any atom is 0.343 e. The molecule has 6 heteroatoms. The van der Waals surface area contributed by atoms with Gasteiger partial charge in [0.25, 0.3) is 0 Å². The van der Waals surface area contributed by atoms with Gasteiger partial charge in [-0.2, -0.15) is 5.10 Å². The Morgan fingerprint density at radius 2 is 2.19 bits per heavy atom. The third-order valence-electron chi connectivity index (χ3n) is 3.65. The lowest BCUT2D eigenvalue weighted by molar-refractivity contribution is 0.0528. The van der Waals surface area contributed by atoms with Crippen LogP contribution in [0.15, 0.2) is 12.4 Å². The van der Waals surface area contributed by atoms with Crippen molar-refractivity contribution in [3.05, 3.63) is 29.2 Å². The third kappa shape index (κ3) is 2.30. The van der Waals surface area contributed by atoms with Gasteiger partial charge in [-0.25, -0.2) is 14.3 Å². The number of carbonyl (C=O) groups is 2. The maximum atomic E-state index is 12.2. The summed E-state index contributed by atoms with van der Waals surface area (Å²) in [6.45, 7) is 6.14. The van der Waals surface area contributed by atoms with Crippen molar-refractivity contribution in [1.29, 1.82) is 0 Å². The van der Waals surface area contributed by atoms with Crippen LogP contribution in [0.3, 0.4) is 0 Å². The van der Waals surface area contributed by atoms with E-state index in [0.717, 1.165) is 5.69 Å². The van der Waals surface area contributed by atoms with Gasteiger partial charge < -0.3 is 4.74 Å². The van der Waals surface area contributed by atoms with Gasteiger partial charge in [0.2, 0.25) is 0 Å². The van der Waals surface area contributed by atoms with Gasteiger partial charge in [0, 0.05) is 12.6 Å². The second kappa shape index (κ2) is 4.65. The fraction of sp³-hybridized carbons (Fsp3) is 0.467. The van der Waals surface area contributed by atoms with E-state index < -0.39 is 5.97 Å². The molecule has 0 spiro atoms. The summed E-state index contributed by atoms with van der Waals surface area (Å²) in [4.78, 5) is 28.6. The lowest BCUT2D eigenvalue weighted by Gasteiger charge is -2.29. The number of carbonyl (C=O) groups excluding carboxylic acids is 2.